The summed E-state index contributed by atoms with van der Waals surface area (Å²) in [5, 5.41) is 28.6. The number of benzene rings is 1. The Kier molecular flexibility index (Phi) is 12.0. The second-order valence-electron chi connectivity index (χ2n) is 12.4. The summed E-state index contributed by atoms with van der Waals surface area (Å²) >= 11 is 0. The van der Waals surface area contributed by atoms with Crippen LogP contribution in [0.2, 0.25) is 0 Å². The SMILES string of the molecule is Nc1nnc(-c2ccccc2O)cc1C(F)=Cc1ccnc(OC2CC(OC3CCN(CC4CCNCC4)CC3)C2)c1.O=C(O)C(F)(F)F. The van der Waals surface area contributed by atoms with E-state index in [1.165, 1.54) is 37.6 Å². The zero-order valence-electron chi connectivity index (χ0n) is 26.8. The molecule has 2 aromatic heterocycles. The number of nitrogen functional groups attached to an aromatic ring is 1. The average molecular weight is 689 g/mol. The van der Waals surface area contributed by atoms with E-state index in [0.29, 0.717) is 28.8 Å². The minimum atomic E-state index is -5.08. The van der Waals surface area contributed by atoms with E-state index in [9.17, 15) is 18.3 Å². The monoisotopic (exact) mass is 688 g/mol. The van der Waals surface area contributed by atoms with Crippen molar-refractivity contribution in [3.8, 4) is 22.9 Å². The van der Waals surface area contributed by atoms with Gasteiger partial charge in [-0.25, -0.2) is 14.2 Å². The first kappa shape index (κ1) is 36.0. The van der Waals surface area contributed by atoms with Crippen LogP contribution < -0.4 is 15.8 Å². The van der Waals surface area contributed by atoms with Crippen LogP contribution in [0.4, 0.5) is 23.4 Å². The summed E-state index contributed by atoms with van der Waals surface area (Å²) in [6, 6.07) is 11.6. The Hall–Kier alpha value is -4.34. The summed E-state index contributed by atoms with van der Waals surface area (Å²) in [6.45, 7) is 5.79. The number of carboxylic acid groups (broad SMARTS) is 1. The minimum Gasteiger partial charge on any atom is -0.507 e. The van der Waals surface area contributed by atoms with Gasteiger partial charge in [0.2, 0.25) is 5.88 Å². The number of likely N-dealkylation sites (tertiary alicyclic amines) is 1. The molecule has 1 saturated carbocycles. The molecule has 11 nitrogen and oxygen atoms in total. The predicted molar refractivity (Wildman–Crippen MR) is 174 cm³/mol. The lowest BCUT2D eigenvalue weighted by Crippen LogP contribution is -2.45. The maximum absolute atomic E-state index is 15.3. The molecule has 0 unspecified atom stereocenters. The van der Waals surface area contributed by atoms with Crippen LogP contribution in [0.5, 0.6) is 11.6 Å². The Morgan fingerprint density at radius 3 is 2.39 bits per heavy atom. The highest BCUT2D eigenvalue weighted by Gasteiger charge is 2.38. The number of carboxylic acids is 1. The Balaban J connectivity index is 0.000000606. The molecule has 0 bridgehead atoms. The van der Waals surface area contributed by atoms with Gasteiger partial charge in [0.1, 0.15) is 17.7 Å². The average Bonchev–Trinajstić information content (AvgIpc) is 3.05. The molecule has 0 spiro atoms. The first-order valence-electron chi connectivity index (χ1n) is 16.2. The van der Waals surface area contributed by atoms with Gasteiger partial charge in [0.15, 0.2) is 5.82 Å². The van der Waals surface area contributed by atoms with Gasteiger partial charge in [0.25, 0.3) is 0 Å². The van der Waals surface area contributed by atoms with E-state index in [-0.39, 0.29) is 29.3 Å². The van der Waals surface area contributed by atoms with Gasteiger partial charge in [-0.1, -0.05) is 12.1 Å². The number of anilines is 1. The van der Waals surface area contributed by atoms with Gasteiger partial charge in [-0.2, -0.15) is 13.2 Å². The molecule has 264 valence electrons. The lowest BCUT2D eigenvalue weighted by atomic mass is 9.91. The zero-order valence-corrected chi connectivity index (χ0v) is 26.8. The third-order valence-corrected chi connectivity index (χ3v) is 8.79. The smallest absolute Gasteiger partial charge is 0.490 e. The maximum Gasteiger partial charge on any atom is 0.490 e. The van der Waals surface area contributed by atoms with Crippen LogP contribution in [-0.2, 0) is 9.53 Å². The molecular weight excluding hydrogens is 648 g/mol. The number of alkyl halides is 3. The summed E-state index contributed by atoms with van der Waals surface area (Å²) in [4.78, 5) is 15.8. The molecule has 6 rings (SSSR count). The predicted octanol–water partition coefficient (Wildman–Crippen LogP) is 5.32. The number of piperidine rings is 2. The molecule has 5 N–H and O–H groups in total. The molecule has 1 aliphatic carbocycles. The lowest BCUT2D eigenvalue weighted by Gasteiger charge is -2.40. The van der Waals surface area contributed by atoms with Crippen LogP contribution in [0, 0.1) is 5.92 Å². The number of halogens is 4. The number of nitrogens with two attached hydrogens (primary N) is 1. The number of para-hydroxylation sites is 1. The number of ether oxygens (including phenoxy) is 2. The van der Waals surface area contributed by atoms with Crippen LogP contribution >= 0.6 is 0 Å². The van der Waals surface area contributed by atoms with Gasteiger partial charge >= 0.3 is 12.1 Å². The first-order valence-corrected chi connectivity index (χ1v) is 16.2. The summed E-state index contributed by atoms with van der Waals surface area (Å²) in [5.74, 6) is -2.06. The van der Waals surface area contributed by atoms with Crippen LogP contribution in [0.1, 0.15) is 49.7 Å². The number of pyridine rings is 1. The highest BCUT2D eigenvalue weighted by Crippen LogP contribution is 2.33. The van der Waals surface area contributed by atoms with Crippen LogP contribution in [-0.4, -0.2) is 93.5 Å². The number of nitrogens with zero attached hydrogens (tertiary/aromatic N) is 4. The van der Waals surface area contributed by atoms with E-state index in [4.69, 9.17) is 25.1 Å². The largest absolute Gasteiger partial charge is 0.507 e. The Bertz CT molecular complexity index is 1590. The fourth-order valence-corrected chi connectivity index (χ4v) is 6.04. The molecule has 0 amide bonds. The van der Waals surface area contributed by atoms with E-state index < -0.39 is 18.0 Å². The molecule has 0 atom stereocenters. The molecule has 15 heteroatoms. The van der Waals surface area contributed by atoms with E-state index >= 15 is 4.39 Å². The fourth-order valence-electron chi connectivity index (χ4n) is 6.04. The minimum absolute atomic E-state index is 0.0276. The quantitative estimate of drug-likeness (QED) is 0.216. The maximum atomic E-state index is 15.3. The Labute approximate surface area is 281 Å². The third kappa shape index (κ3) is 10.3. The van der Waals surface area contributed by atoms with Gasteiger partial charge in [0.05, 0.1) is 23.5 Å². The summed E-state index contributed by atoms with van der Waals surface area (Å²) in [7, 11) is 0. The lowest BCUT2D eigenvalue weighted by molar-refractivity contribution is -0.192. The van der Waals surface area contributed by atoms with Gasteiger partial charge in [-0.3, -0.25) is 0 Å². The Morgan fingerprint density at radius 2 is 1.71 bits per heavy atom. The number of hydrogen-bond acceptors (Lipinski definition) is 10. The van der Waals surface area contributed by atoms with Crippen LogP contribution in [0.3, 0.4) is 0 Å². The van der Waals surface area contributed by atoms with E-state index in [2.05, 4.69) is 25.4 Å². The van der Waals surface area contributed by atoms with E-state index in [0.717, 1.165) is 57.8 Å². The highest BCUT2D eigenvalue weighted by molar-refractivity contribution is 5.83. The Morgan fingerprint density at radius 1 is 1.02 bits per heavy atom. The zero-order chi connectivity index (χ0) is 35.0. The van der Waals surface area contributed by atoms with Crippen molar-refractivity contribution in [3.63, 3.8) is 0 Å². The van der Waals surface area contributed by atoms with Crippen molar-refractivity contribution in [1.29, 1.82) is 0 Å². The number of nitrogens with one attached hydrogen (secondary N) is 1. The summed E-state index contributed by atoms with van der Waals surface area (Å²) in [5.41, 5.74) is 7.38. The van der Waals surface area contributed by atoms with Gasteiger partial charge < -0.3 is 35.6 Å². The molecule has 1 aromatic carbocycles. The number of rotatable bonds is 9. The van der Waals surface area contributed by atoms with Crippen molar-refractivity contribution in [2.24, 2.45) is 5.92 Å². The molecular formula is C34H40F4N6O5. The van der Waals surface area contributed by atoms with Gasteiger partial charge in [-0.05, 0) is 80.6 Å². The normalized spacial score (nSPS) is 20.9. The number of carbonyl (C=O) groups is 1. The van der Waals surface area contributed by atoms with Crippen molar-refractivity contribution in [1.82, 2.24) is 25.4 Å². The van der Waals surface area contributed by atoms with Crippen molar-refractivity contribution < 1.29 is 42.0 Å². The third-order valence-electron chi connectivity index (χ3n) is 8.79. The summed E-state index contributed by atoms with van der Waals surface area (Å²) in [6.07, 6.45) is 4.91. The second-order valence-corrected chi connectivity index (χ2v) is 12.4. The highest BCUT2D eigenvalue weighted by atomic mass is 19.4. The van der Waals surface area contributed by atoms with Crippen molar-refractivity contribution >= 4 is 23.7 Å². The number of phenolic OH excluding ortho intramolecular Hbond substituents is 1. The van der Waals surface area contributed by atoms with Gasteiger partial charge in [-0.15, -0.1) is 10.2 Å². The van der Waals surface area contributed by atoms with Crippen molar-refractivity contribution in [3.05, 3.63) is 59.8 Å². The van der Waals surface area contributed by atoms with Crippen LogP contribution in [0.25, 0.3) is 23.2 Å². The fraction of sp³-hybridized carbons (Fsp3) is 0.471. The summed E-state index contributed by atoms with van der Waals surface area (Å²) < 4.78 is 59.5. The molecule has 3 fully saturated rings. The number of aromatic hydroxyl groups is 1. The molecule has 2 saturated heterocycles. The first-order chi connectivity index (χ1) is 23.4. The number of aliphatic carboxylic acids is 1. The molecule has 49 heavy (non-hydrogen) atoms. The number of phenols is 1. The second kappa shape index (κ2) is 16.4. The molecule has 4 heterocycles. The number of aromatic nitrogens is 3. The van der Waals surface area contributed by atoms with Crippen molar-refractivity contribution in [2.75, 3.05) is 38.5 Å². The topological polar surface area (TPSA) is 156 Å². The standard InChI is InChI=1S/C32H39FN6O3.C2HF3O2/c33-28(27-19-29(37-38-32(27)34)26-3-1-2-4-30(26)40)15-22-7-12-36-31(16-22)42-25-17-24(18-25)41-23-8-13-39(14-9-23)20-21-5-10-35-11-6-21;3-2(4,5)1(6)7/h1-4,7,12,15-16,19,21,23-25,35,40H,5-6,8-11,13-14,17-18,20H2,(H2,34,38);(H,6,7). The van der Waals surface area contributed by atoms with Crippen molar-refractivity contribution in [2.45, 2.75) is 63.0 Å². The molecule has 3 aliphatic rings. The molecule has 2 aliphatic heterocycles. The molecule has 0 radical (unpaired) electrons. The van der Waals surface area contributed by atoms with Gasteiger partial charge in [0, 0.05) is 50.3 Å². The van der Waals surface area contributed by atoms with E-state index in [1.807, 2.05) is 0 Å². The van der Waals surface area contributed by atoms with Crippen LogP contribution in [0.15, 0.2) is 48.7 Å². The van der Waals surface area contributed by atoms with E-state index in [1.54, 1.807) is 36.5 Å². The number of hydrogen-bond donors (Lipinski definition) is 4. The molecule has 3 aromatic rings.